The third-order valence-corrected chi connectivity index (χ3v) is 2.54. The number of nitrogens with two attached hydrogens (primary N) is 1. The van der Waals surface area contributed by atoms with E-state index < -0.39 is 18.2 Å². The molecule has 2 N–H and O–H groups in total. The largest absolute Gasteiger partial charge is 0.464 e. The molecule has 6 heteroatoms. The summed E-state index contributed by atoms with van der Waals surface area (Å²) in [5.41, 5.74) is 5.72. The van der Waals surface area contributed by atoms with Crippen LogP contribution in [0.15, 0.2) is 0 Å². The Balaban J connectivity index is 3.81. The van der Waals surface area contributed by atoms with E-state index in [0.29, 0.717) is 25.5 Å². The number of nitrogens with zero attached hydrogens (tertiary/aromatic N) is 1. The van der Waals surface area contributed by atoms with Crippen LogP contribution in [-0.2, 0) is 14.3 Å². The van der Waals surface area contributed by atoms with E-state index in [4.69, 9.17) is 15.2 Å². The number of rotatable bonds is 10. The molecule has 0 rings (SSSR count). The Hall–Kier alpha value is -0.720. The van der Waals surface area contributed by atoms with Crippen molar-refractivity contribution in [3.05, 3.63) is 0 Å². The number of esters is 1. The van der Waals surface area contributed by atoms with Crippen LogP contribution in [-0.4, -0.2) is 63.5 Å². The van der Waals surface area contributed by atoms with Crippen molar-refractivity contribution in [2.24, 2.45) is 11.7 Å². The molecule has 0 unspecified atom stereocenters. The number of ether oxygens (including phenoxy) is 2. The van der Waals surface area contributed by atoms with Gasteiger partial charge in [0.15, 0.2) is 0 Å². The molecule has 0 aliphatic rings. The van der Waals surface area contributed by atoms with Crippen molar-refractivity contribution in [2.75, 3.05) is 40.5 Å². The highest BCUT2D eigenvalue weighted by Gasteiger charge is 2.17. The van der Waals surface area contributed by atoms with E-state index in [2.05, 4.69) is 0 Å². The standard InChI is InChI=1S/C13H27FN2O3/c1-10(2)8-19-13(17)12(15)5-6-16(3)7-11(14)9-18-4/h10-12H,5-9,15H2,1-4H3/t11-,12-/m0/s1. The molecule has 0 saturated heterocycles. The van der Waals surface area contributed by atoms with Gasteiger partial charge in [0.05, 0.1) is 13.2 Å². The molecule has 0 aromatic rings. The summed E-state index contributed by atoms with van der Waals surface area (Å²) in [6, 6.07) is -0.651. The summed E-state index contributed by atoms with van der Waals surface area (Å²) >= 11 is 0. The first kappa shape index (κ1) is 18.3. The molecule has 2 atom stereocenters. The van der Waals surface area contributed by atoms with Gasteiger partial charge in [-0.3, -0.25) is 4.79 Å². The van der Waals surface area contributed by atoms with Crippen LogP contribution in [0.3, 0.4) is 0 Å². The van der Waals surface area contributed by atoms with Crippen LogP contribution in [0.25, 0.3) is 0 Å². The lowest BCUT2D eigenvalue weighted by molar-refractivity contribution is -0.146. The zero-order chi connectivity index (χ0) is 14.8. The van der Waals surface area contributed by atoms with Gasteiger partial charge in [0.25, 0.3) is 0 Å². The van der Waals surface area contributed by atoms with Gasteiger partial charge in [0.2, 0.25) is 0 Å². The Morgan fingerprint density at radius 2 is 2.00 bits per heavy atom. The van der Waals surface area contributed by atoms with Gasteiger partial charge in [-0.1, -0.05) is 13.8 Å². The number of hydrogen-bond donors (Lipinski definition) is 1. The van der Waals surface area contributed by atoms with E-state index in [9.17, 15) is 9.18 Å². The maximum Gasteiger partial charge on any atom is 0.322 e. The summed E-state index contributed by atoms with van der Waals surface area (Å²) in [5.74, 6) is -0.101. The minimum atomic E-state index is -1.03. The van der Waals surface area contributed by atoms with Crippen LogP contribution in [0, 0.1) is 5.92 Å². The molecule has 0 amide bonds. The molecule has 0 bridgehead atoms. The number of halogens is 1. The molecule has 0 aromatic carbocycles. The zero-order valence-corrected chi connectivity index (χ0v) is 12.4. The number of methoxy groups -OCH3 is 1. The molecule has 5 nitrogen and oxygen atoms in total. The summed E-state index contributed by atoms with van der Waals surface area (Å²) < 4.78 is 23.0. The maximum atomic E-state index is 13.3. The maximum absolute atomic E-state index is 13.3. The molecule has 19 heavy (non-hydrogen) atoms. The molecular formula is C13H27FN2O3. The van der Waals surface area contributed by atoms with E-state index >= 15 is 0 Å². The quantitative estimate of drug-likeness (QED) is 0.599. The first-order valence-electron chi connectivity index (χ1n) is 6.60. The predicted octanol–water partition coefficient (Wildman–Crippen LogP) is 0.819. The lowest BCUT2D eigenvalue weighted by Crippen LogP contribution is -2.38. The lowest BCUT2D eigenvalue weighted by Gasteiger charge is -2.20. The van der Waals surface area contributed by atoms with Gasteiger partial charge in [-0.05, 0) is 25.9 Å². The van der Waals surface area contributed by atoms with E-state index in [1.807, 2.05) is 13.8 Å². The van der Waals surface area contributed by atoms with Crippen molar-refractivity contribution >= 4 is 5.97 Å². The first-order chi connectivity index (χ1) is 8.86. The van der Waals surface area contributed by atoms with Gasteiger partial charge in [0, 0.05) is 13.7 Å². The van der Waals surface area contributed by atoms with Gasteiger partial charge in [-0.2, -0.15) is 0 Å². The Kier molecular flexibility index (Phi) is 9.73. The van der Waals surface area contributed by atoms with E-state index in [1.165, 1.54) is 7.11 Å². The molecule has 0 aromatic heterocycles. The topological polar surface area (TPSA) is 64.8 Å². The molecular weight excluding hydrogens is 251 g/mol. The smallest absolute Gasteiger partial charge is 0.322 e. The lowest BCUT2D eigenvalue weighted by atomic mass is 10.2. The molecule has 0 heterocycles. The average molecular weight is 278 g/mol. The molecule has 0 saturated carbocycles. The van der Waals surface area contributed by atoms with Crippen molar-refractivity contribution in [2.45, 2.75) is 32.5 Å². The third kappa shape index (κ3) is 9.81. The number of carbonyl (C=O) groups is 1. The Morgan fingerprint density at radius 1 is 1.37 bits per heavy atom. The average Bonchev–Trinajstić information content (AvgIpc) is 2.33. The summed E-state index contributed by atoms with van der Waals surface area (Å²) in [6.07, 6.45) is -0.577. The van der Waals surface area contributed by atoms with Crippen LogP contribution in [0.4, 0.5) is 4.39 Å². The highest BCUT2D eigenvalue weighted by Crippen LogP contribution is 2.01. The molecule has 0 radical (unpaired) electrons. The highest BCUT2D eigenvalue weighted by atomic mass is 19.1. The second kappa shape index (κ2) is 10.1. The van der Waals surface area contributed by atoms with Crippen LogP contribution < -0.4 is 5.73 Å². The van der Waals surface area contributed by atoms with Crippen molar-refractivity contribution < 1.29 is 18.7 Å². The second-order valence-electron chi connectivity index (χ2n) is 5.23. The monoisotopic (exact) mass is 278 g/mol. The molecule has 0 aliphatic carbocycles. The summed E-state index contributed by atoms with van der Waals surface area (Å²) in [5, 5.41) is 0. The first-order valence-corrected chi connectivity index (χ1v) is 6.60. The van der Waals surface area contributed by atoms with Gasteiger partial charge in [0.1, 0.15) is 12.2 Å². The van der Waals surface area contributed by atoms with Gasteiger partial charge in [-0.25, -0.2) is 4.39 Å². The van der Waals surface area contributed by atoms with E-state index in [-0.39, 0.29) is 13.2 Å². The SMILES string of the molecule is COC[C@@H](F)CN(C)CC[C@H](N)C(=O)OCC(C)C. The van der Waals surface area contributed by atoms with Gasteiger partial charge >= 0.3 is 5.97 Å². The summed E-state index contributed by atoms with van der Waals surface area (Å²) in [4.78, 5) is 13.3. The fourth-order valence-corrected chi connectivity index (χ4v) is 1.50. The number of carbonyl (C=O) groups excluding carboxylic acids is 1. The minimum Gasteiger partial charge on any atom is -0.464 e. The molecule has 0 aliphatic heterocycles. The van der Waals surface area contributed by atoms with E-state index in [0.717, 1.165) is 0 Å². The fraction of sp³-hybridized carbons (Fsp3) is 0.923. The van der Waals surface area contributed by atoms with Crippen LogP contribution in [0.1, 0.15) is 20.3 Å². The van der Waals surface area contributed by atoms with Gasteiger partial charge < -0.3 is 20.1 Å². The second-order valence-corrected chi connectivity index (χ2v) is 5.23. The van der Waals surface area contributed by atoms with Gasteiger partial charge in [-0.15, -0.1) is 0 Å². The highest BCUT2D eigenvalue weighted by molar-refractivity contribution is 5.75. The third-order valence-electron chi connectivity index (χ3n) is 2.54. The van der Waals surface area contributed by atoms with Crippen LogP contribution in [0.2, 0.25) is 0 Å². The zero-order valence-electron chi connectivity index (χ0n) is 12.4. The van der Waals surface area contributed by atoms with E-state index in [1.54, 1.807) is 11.9 Å². The predicted molar refractivity (Wildman–Crippen MR) is 72.7 cm³/mol. The molecule has 0 fully saturated rings. The van der Waals surface area contributed by atoms with Crippen LogP contribution >= 0.6 is 0 Å². The summed E-state index contributed by atoms with van der Waals surface area (Å²) in [6.45, 7) is 5.19. The normalized spacial score (nSPS) is 14.7. The summed E-state index contributed by atoms with van der Waals surface area (Å²) in [7, 11) is 3.25. The Morgan fingerprint density at radius 3 is 2.53 bits per heavy atom. The van der Waals surface area contributed by atoms with Crippen molar-refractivity contribution in [3.8, 4) is 0 Å². The van der Waals surface area contributed by atoms with Crippen molar-refractivity contribution in [1.82, 2.24) is 4.90 Å². The Bertz CT molecular complexity index is 252. The molecule has 0 spiro atoms. The van der Waals surface area contributed by atoms with Crippen molar-refractivity contribution in [1.29, 1.82) is 0 Å². The Labute approximate surface area is 115 Å². The number of alkyl halides is 1. The number of hydrogen-bond acceptors (Lipinski definition) is 5. The molecule has 114 valence electrons. The van der Waals surface area contributed by atoms with Crippen LogP contribution in [0.5, 0.6) is 0 Å². The van der Waals surface area contributed by atoms with Crippen molar-refractivity contribution in [3.63, 3.8) is 0 Å². The minimum absolute atomic E-state index is 0.0762. The fourth-order valence-electron chi connectivity index (χ4n) is 1.50.